The summed E-state index contributed by atoms with van der Waals surface area (Å²) in [5, 5.41) is 5.37. The zero-order chi connectivity index (χ0) is 18.0. The van der Waals surface area contributed by atoms with Crippen molar-refractivity contribution >= 4 is 23.8 Å². The molecule has 2 aliphatic rings. The van der Waals surface area contributed by atoms with Crippen LogP contribution in [0.3, 0.4) is 0 Å². The molecule has 2 saturated heterocycles. The first-order valence-corrected chi connectivity index (χ1v) is 8.50. The number of urea groups is 1. The number of aromatic nitrogens is 2. The summed E-state index contributed by atoms with van der Waals surface area (Å²) in [4.78, 5) is 48.3. The van der Waals surface area contributed by atoms with Crippen LogP contribution in [0.5, 0.6) is 0 Å². The van der Waals surface area contributed by atoms with Gasteiger partial charge >= 0.3 is 6.03 Å². The van der Waals surface area contributed by atoms with Gasteiger partial charge in [-0.1, -0.05) is 0 Å². The van der Waals surface area contributed by atoms with Gasteiger partial charge < -0.3 is 15.1 Å². The molecule has 25 heavy (non-hydrogen) atoms. The second-order valence-corrected chi connectivity index (χ2v) is 6.15. The molecule has 0 bridgehead atoms. The minimum absolute atomic E-state index is 0.161. The highest BCUT2D eigenvalue weighted by molar-refractivity contribution is 6.07. The van der Waals surface area contributed by atoms with E-state index in [1.165, 1.54) is 12.4 Å². The van der Waals surface area contributed by atoms with Crippen LogP contribution in [-0.2, 0) is 4.79 Å². The lowest BCUT2D eigenvalue weighted by Gasteiger charge is -2.41. The van der Waals surface area contributed by atoms with Crippen molar-refractivity contribution in [1.29, 1.82) is 0 Å². The summed E-state index contributed by atoms with van der Waals surface area (Å²) < 4.78 is 0. The third-order valence-electron chi connectivity index (χ3n) is 4.83. The average Bonchev–Trinajstić information content (AvgIpc) is 2.85. The molecule has 1 aromatic rings. The summed E-state index contributed by atoms with van der Waals surface area (Å²) in [7, 11) is 0. The maximum Gasteiger partial charge on any atom is 0.325 e. The zero-order valence-corrected chi connectivity index (χ0v) is 14.4. The molecule has 3 rings (SSSR count). The molecule has 3 heterocycles. The molecule has 2 N–H and O–H groups in total. The van der Waals surface area contributed by atoms with Gasteiger partial charge in [-0.25, -0.2) is 14.8 Å². The Morgan fingerprint density at radius 2 is 1.88 bits per heavy atom. The fourth-order valence-corrected chi connectivity index (χ4v) is 3.49. The number of hydrogen-bond donors (Lipinski definition) is 2. The molecule has 0 aromatic carbocycles. The van der Waals surface area contributed by atoms with Crippen LogP contribution in [0.2, 0.25) is 0 Å². The van der Waals surface area contributed by atoms with Gasteiger partial charge in [-0.2, -0.15) is 0 Å². The summed E-state index contributed by atoms with van der Waals surface area (Å²) in [5.41, 5.74) is -0.412. The molecule has 4 amide bonds. The van der Waals surface area contributed by atoms with Crippen molar-refractivity contribution < 1.29 is 14.4 Å². The van der Waals surface area contributed by atoms with Gasteiger partial charge in [-0.15, -0.1) is 0 Å². The standard InChI is InChI=1S/C16H22N6O3/c1-3-17-14-18-9-11(10-19-14)12(23)21-7-5-16(6-8-21)13(24)20-15(25)22(16)4-2/h9-10H,3-8H2,1-2H3,(H,17,18,19)(H,20,24,25). The number of imide groups is 1. The fraction of sp³-hybridized carbons (Fsp3) is 0.562. The van der Waals surface area contributed by atoms with Gasteiger partial charge in [0, 0.05) is 38.6 Å². The van der Waals surface area contributed by atoms with E-state index in [1.807, 2.05) is 13.8 Å². The predicted molar refractivity (Wildman–Crippen MR) is 90.0 cm³/mol. The number of nitrogens with one attached hydrogen (secondary N) is 2. The number of nitrogens with zero attached hydrogens (tertiary/aromatic N) is 4. The number of likely N-dealkylation sites (tertiary alicyclic amines) is 1. The predicted octanol–water partition coefficient (Wildman–Crippen LogP) is 0.455. The second kappa shape index (κ2) is 6.66. The maximum absolute atomic E-state index is 12.6. The van der Waals surface area contributed by atoms with Gasteiger partial charge in [0.2, 0.25) is 5.95 Å². The highest BCUT2D eigenvalue weighted by Gasteiger charge is 2.53. The van der Waals surface area contributed by atoms with Crippen LogP contribution in [0.4, 0.5) is 10.7 Å². The zero-order valence-electron chi connectivity index (χ0n) is 14.4. The van der Waals surface area contributed by atoms with Crippen molar-refractivity contribution in [2.75, 3.05) is 31.5 Å². The van der Waals surface area contributed by atoms with E-state index in [9.17, 15) is 14.4 Å². The summed E-state index contributed by atoms with van der Waals surface area (Å²) in [5.74, 6) is 0.0619. The molecule has 0 aliphatic carbocycles. The Hall–Kier alpha value is -2.71. The van der Waals surface area contributed by atoms with E-state index in [0.29, 0.717) is 50.5 Å². The molecule has 2 aliphatic heterocycles. The largest absolute Gasteiger partial charge is 0.355 e. The van der Waals surface area contributed by atoms with Crippen molar-refractivity contribution in [2.24, 2.45) is 0 Å². The summed E-state index contributed by atoms with van der Waals surface area (Å²) in [6.07, 6.45) is 3.87. The Balaban J connectivity index is 1.68. The molecule has 9 heteroatoms. The van der Waals surface area contributed by atoms with Crippen LogP contribution in [0, 0.1) is 0 Å². The molecule has 9 nitrogen and oxygen atoms in total. The minimum Gasteiger partial charge on any atom is -0.355 e. The first-order chi connectivity index (χ1) is 12.0. The molecule has 134 valence electrons. The molecular weight excluding hydrogens is 324 g/mol. The maximum atomic E-state index is 12.6. The Bertz CT molecular complexity index is 682. The van der Waals surface area contributed by atoms with Crippen LogP contribution in [0.1, 0.15) is 37.0 Å². The normalized spacial score (nSPS) is 19.3. The fourth-order valence-electron chi connectivity index (χ4n) is 3.49. The highest BCUT2D eigenvalue weighted by Crippen LogP contribution is 2.33. The van der Waals surface area contributed by atoms with Crippen molar-refractivity contribution in [2.45, 2.75) is 32.2 Å². The van der Waals surface area contributed by atoms with E-state index in [-0.39, 0.29) is 17.8 Å². The van der Waals surface area contributed by atoms with E-state index >= 15 is 0 Å². The molecule has 1 spiro atoms. The monoisotopic (exact) mass is 346 g/mol. The molecule has 0 radical (unpaired) electrons. The van der Waals surface area contributed by atoms with E-state index in [4.69, 9.17) is 0 Å². The third-order valence-corrected chi connectivity index (χ3v) is 4.83. The molecular formula is C16H22N6O3. The SMILES string of the molecule is CCNc1ncc(C(=O)N2CCC3(CC2)C(=O)NC(=O)N3CC)cn1. The number of carbonyl (C=O) groups is 3. The Morgan fingerprint density at radius 3 is 2.44 bits per heavy atom. The van der Waals surface area contributed by atoms with Crippen LogP contribution < -0.4 is 10.6 Å². The summed E-state index contributed by atoms with van der Waals surface area (Å²) in [6, 6.07) is -0.348. The lowest BCUT2D eigenvalue weighted by Crippen LogP contribution is -2.57. The molecule has 0 unspecified atom stereocenters. The van der Waals surface area contributed by atoms with E-state index in [0.717, 1.165) is 0 Å². The van der Waals surface area contributed by atoms with Crippen molar-refractivity contribution in [3.63, 3.8) is 0 Å². The summed E-state index contributed by atoms with van der Waals surface area (Å²) in [6.45, 7) is 5.77. The third kappa shape index (κ3) is 2.90. The number of amides is 4. The lowest BCUT2D eigenvalue weighted by molar-refractivity contribution is -0.128. The minimum atomic E-state index is -0.825. The average molecular weight is 346 g/mol. The van der Waals surface area contributed by atoms with Crippen LogP contribution in [-0.4, -0.2) is 69.3 Å². The lowest BCUT2D eigenvalue weighted by atomic mass is 9.86. The molecule has 1 aromatic heterocycles. The van der Waals surface area contributed by atoms with Crippen molar-refractivity contribution in [3.8, 4) is 0 Å². The van der Waals surface area contributed by atoms with E-state index in [1.54, 1.807) is 9.80 Å². The van der Waals surface area contributed by atoms with E-state index < -0.39 is 5.54 Å². The first-order valence-electron chi connectivity index (χ1n) is 8.50. The van der Waals surface area contributed by atoms with Crippen molar-refractivity contribution in [3.05, 3.63) is 18.0 Å². The molecule has 0 atom stereocenters. The number of anilines is 1. The topological polar surface area (TPSA) is 108 Å². The van der Waals surface area contributed by atoms with Gasteiger partial charge in [0.15, 0.2) is 0 Å². The number of carbonyl (C=O) groups excluding carboxylic acids is 3. The van der Waals surface area contributed by atoms with Gasteiger partial charge in [0.05, 0.1) is 5.56 Å². The van der Waals surface area contributed by atoms with Gasteiger partial charge in [-0.3, -0.25) is 14.9 Å². The second-order valence-electron chi connectivity index (χ2n) is 6.15. The Morgan fingerprint density at radius 1 is 1.24 bits per heavy atom. The van der Waals surface area contributed by atoms with Crippen LogP contribution >= 0.6 is 0 Å². The van der Waals surface area contributed by atoms with Crippen LogP contribution in [0.15, 0.2) is 12.4 Å². The Labute approximate surface area is 145 Å². The number of piperidine rings is 1. The molecule has 0 saturated carbocycles. The smallest absolute Gasteiger partial charge is 0.325 e. The van der Waals surface area contributed by atoms with Gasteiger partial charge in [-0.05, 0) is 26.7 Å². The Kier molecular flexibility index (Phi) is 4.56. The van der Waals surface area contributed by atoms with E-state index in [2.05, 4.69) is 20.6 Å². The van der Waals surface area contributed by atoms with Crippen molar-refractivity contribution in [1.82, 2.24) is 25.1 Å². The number of hydrogen-bond acceptors (Lipinski definition) is 6. The first kappa shape index (κ1) is 17.1. The molecule has 2 fully saturated rings. The van der Waals surface area contributed by atoms with Gasteiger partial charge in [0.25, 0.3) is 11.8 Å². The number of rotatable bonds is 4. The number of likely N-dealkylation sites (N-methyl/N-ethyl adjacent to an activating group) is 1. The highest BCUT2D eigenvalue weighted by atomic mass is 16.2. The van der Waals surface area contributed by atoms with Crippen LogP contribution in [0.25, 0.3) is 0 Å². The van der Waals surface area contributed by atoms with Gasteiger partial charge in [0.1, 0.15) is 5.54 Å². The summed E-state index contributed by atoms with van der Waals surface area (Å²) >= 11 is 0. The quantitative estimate of drug-likeness (QED) is 0.767.